The number of nitrogens with one attached hydrogen (secondary N) is 1. The molecule has 0 fully saturated rings. The van der Waals surface area contributed by atoms with Gasteiger partial charge in [0.1, 0.15) is 11.6 Å². The second kappa shape index (κ2) is 8.57. The normalized spacial score (nSPS) is 16.1. The molecule has 29 heavy (non-hydrogen) atoms. The van der Waals surface area contributed by atoms with E-state index in [4.69, 9.17) is 4.42 Å². The second-order valence-corrected chi connectivity index (χ2v) is 7.95. The first-order valence-electron chi connectivity index (χ1n) is 9.46. The van der Waals surface area contributed by atoms with Crippen LogP contribution in [0.1, 0.15) is 35.2 Å². The number of aromatic nitrogens is 2. The van der Waals surface area contributed by atoms with Crippen LogP contribution in [0.25, 0.3) is 0 Å². The molecule has 0 bridgehead atoms. The molecule has 2 aromatic heterocycles. The summed E-state index contributed by atoms with van der Waals surface area (Å²) in [7, 11) is 1.95. The molecule has 0 saturated carbocycles. The monoisotopic (exact) mass is 409 g/mol. The highest BCUT2D eigenvalue weighted by Crippen LogP contribution is 2.22. The molecule has 1 amide bonds. The molecule has 1 N–H and O–H groups in total. The maximum absolute atomic E-state index is 12.5. The molecule has 8 heteroatoms. The van der Waals surface area contributed by atoms with E-state index in [1.807, 2.05) is 47.1 Å². The van der Waals surface area contributed by atoms with Crippen molar-refractivity contribution in [3.05, 3.63) is 71.9 Å². The predicted octanol–water partition coefficient (Wildman–Crippen LogP) is 3.64. The topological polar surface area (TPSA) is 75.7 Å². The molecule has 1 unspecified atom stereocenters. The predicted molar refractivity (Wildman–Crippen MR) is 112 cm³/mol. The molecular weight excluding hydrogens is 386 g/mol. The van der Waals surface area contributed by atoms with Crippen LogP contribution < -0.4 is 5.32 Å². The van der Waals surface area contributed by atoms with Gasteiger partial charge < -0.3 is 14.3 Å². The highest BCUT2D eigenvalue weighted by atomic mass is 32.2. The number of hydrogen-bond acceptors (Lipinski definition) is 6. The van der Waals surface area contributed by atoms with Crippen molar-refractivity contribution in [2.24, 2.45) is 12.1 Å². The molecule has 0 spiro atoms. The van der Waals surface area contributed by atoms with Crippen LogP contribution in [-0.2, 0) is 19.3 Å². The zero-order chi connectivity index (χ0) is 20.2. The van der Waals surface area contributed by atoms with Crippen molar-refractivity contribution in [3.63, 3.8) is 0 Å². The Bertz CT molecular complexity index is 1010. The Kier molecular flexibility index (Phi) is 5.71. The van der Waals surface area contributed by atoms with Crippen molar-refractivity contribution in [2.75, 3.05) is 0 Å². The number of rotatable bonds is 6. The summed E-state index contributed by atoms with van der Waals surface area (Å²) in [5, 5.41) is 10.4. The lowest BCUT2D eigenvalue weighted by Gasteiger charge is -2.19. The van der Waals surface area contributed by atoms with Crippen molar-refractivity contribution >= 4 is 23.5 Å². The third-order valence-electron chi connectivity index (χ3n) is 4.70. The molecule has 1 atom stereocenters. The Balaban J connectivity index is 1.34. The molecule has 7 nitrogen and oxygen atoms in total. The zero-order valence-corrected chi connectivity index (χ0v) is 17.2. The first kappa shape index (κ1) is 19.3. The smallest absolute Gasteiger partial charge is 0.292 e. The van der Waals surface area contributed by atoms with Gasteiger partial charge >= 0.3 is 0 Å². The fourth-order valence-electron chi connectivity index (χ4n) is 3.11. The van der Waals surface area contributed by atoms with E-state index in [1.54, 1.807) is 24.0 Å². The lowest BCUT2D eigenvalue weighted by Crippen LogP contribution is -2.29. The summed E-state index contributed by atoms with van der Waals surface area (Å²) in [6.07, 6.45) is 4.35. The first-order chi connectivity index (χ1) is 14.1. The van der Waals surface area contributed by atoms with Crippen LogP contribution in [0.5, 0.6) is 0 Å². The molecule has 4 rings (SSSR count). The number of amides is 1. The minimum Gasteiger partial charge on any atom is -0.455 e. The van der Waals surface area contributed by atoms with Crippen LogP contribution in [0, 0.1) is 0 Å². The Labute approximate surface area is 173 Å². The number of imidazole rings is 1. The molecule has 1 aliphatic heterocycles. The average molecular weight is 410 g/mol. The lowest BCUT2D eigenvalue weighted by atomic mass is 10.2. The Hall–Kier alpha value is -3.00. The number of hydrazone groups is 1. The third-order valence-corrected chi connectivity index (χ3v) is 5.78. The number of nitrogens with zero attached hydrogens (tertiary/aromatic N) is 4. The van der Waals surface area contributed by atoms with Gasteiger partial charge in [0.2, 0.25) is 0 Å². The molecule has 0 saturated heterocycles. The number of thioether (sulfide) groups is 1. The Morgan fingerprint density at radius 1 is 1.28 bits per heavy atom. The summed E-state index contributed by atoms with van der Waals surface area (Å²) in [6.45, 7) is 2.82. The van der Waals surface area contributed by atoms with Gasteiger partial charge in [-0.25, -0.2) is 4.98 Å². The van der Waals surface area contributed by atoms with Crippen LogP contribution in [0.2, 0.25) is 0 Å². The van der Waals surface area contributed by atoms with Crippen LogP contribution >= 0.6 is 11.8 Å². The number of amidine groups is 1. The summed E-state index contributed by atoms with van der Waals surface area (Å²) in [5.74, 6) is 2.03. The highest BCUT2D eigenvalue weighted by Gasteiger charge is 2.25. The fourth-order valence-corrected chi connectivity index (χ4v) is 3.94. The first-order valence-corrected chi connectivity index (χ1v) is 10.5. The van der Waals surface area contributed by atoms with Crippen molar-refractivity contribution in [1.82, 2.24) is 19.9 Å². The van der Waals surface area contributed by atoms with E-state index in [-0.39, 0.29) is 17.7 Å². The van der Waals surface area contributed by atoms with Gasteiger partial charge in [0.05, 0.1) is 18.3 Å². The fraction of sp³-hybridized carbons (Fsp3) is 0.286. The number of carbonyl (C=O) groups excluding carboxylic acids is 1. The van der Waals surface area contributed by atoms with Gasteiger partial charge in [-0.05, 0) is 24.6 Å². The Morgan fingerprint density at radius 3 is 2.86 bits per heavy atom. The van der Waals surface area contributed by atoms with E-state index in [0.29, 0.717) is 18.0 Å². The standard InChI is InChI=1S/C21H23N5O2S/c1-15-12-19(24-26(15)13-16-6-4-3-5-7-16)23-20(27)18-9-8-17(28-18)14-29-21-22-10-11-25(21)2/h3-11,15H,12-14H2,1-2H3,(H,23,24,27). The van der Waals surface area contributed by atoms with Gasteiger partial charge in [-0.2, -0.15) is 5.10 Å². The van der Waals surface area contributed by atoms with Crippen LogP contribution in [0.3, 0.4) is 0 Å². The van der Waals surface area contributed by atoms with Gasteiger partial charge in [0.15, 0.2) is 10.9 Å². The molecule has 3 aromatic rings. The number of carbonyl (C=O) groups is 1. The summed E-state index contributed by atoms with van der Waals surface area (Å²) < 4.78 is 7.65. The lowest BCUT2D eigenvalue weighted by molar-refractivity contribution is 0.0948. The summed E-state index contributed by atoms with van der Waals surface area (Å²) in [4.78, 5) is 16.8. The van der Waals surface area contributed by atoms with Gasteiger partial charge in [-0.15, -0.1) is 0 Å². The van der Waals surface area contributed by atoms with E-state index in [2.05, 4.69) is 34.5 Å². The van der Waals surface area contributed by atoms with E-state index < -0.39 is 0 Å². The molecule has 0 radical (unpaired) electrons. The van der Waals surface area contributed by atoms with Gasteiger partial charge in [0, 0.05) is 25.9 Å². The Morgan fingerprint density at radius 2 is 2.10 bits per heavy atom. The van der Waals surface area contributed by atoms with Gasteiger partial charge in [0.25, 0.3) is 5.91 Å². The SMILES string of the molecule is CC1CC(NC(=O)c2ccc(CSc3nccn3C)o2)=NN1Cc1ccccc1. The van der Waals surface area contributed by atoms with Crippen molar-refractivity contribution in [2.45, 2.75) is 36.8 Å². The van der Waals surface area contributed by atoms with E-state index in [9.17, 15) is 4.79 Å². The molecule has 1 aliphatic rings. The van der Waals surface area contributed by atoms with Crippen LogP contribution in [-0.4, -0.2) is 32.3 Å². The third kappa shape index (κ3) is 4.71. The number of furan rings is 1. The van der Waals surface area contributed by atoms with Crippen molar-refractivity contribution in [1.29, 1.82) is 0 Å². The molecule has 150 valence electrons. The van der Waals surface area contributed by atoms with Crippen LogP contribution in [0.4, 0.5) is 0 Å². The summed E-state index contributed by atoms with van der Waals surface area (Å²) >= 11 is 1.56. The van der Waals surface area contributed by atoms with E-state index in [1.165, 1.54) is 5.56 Å². The maximum atomic E-state index is 12.5. The minimum absolute atomic E-state index is 0.229. The summed E-state index contributed by atoms with van der Waals surface area (Å²) in [5.41, 5.74) is 1.19. The second-order valence-electron chi connectivity index (χ2n) is 7.01. The zero-order valence-electron chi connectivity index (χ0n) is 16.4. The van der Waals surface area contributed by atoms with Gasteiger partial charge in [-0.3, -0.25) is 9.80 Å². The molecule has 3 heterocycles. The number of hydrogen-bond donors (Lipinski definition) is 1. The molecule has 1 aromatic carbocycles. The number of aryl methyl sites for hydroxylation is 1. The quantitative estimate of drug-likeness (QED) is 0.629. The average Bonchev–Trinajstić information content (AvgIpc) is 3.42. The number of benzene rings is 1. The molecule has 0 aliphatic carbocycles. The molecular formula is C21H23N5O2S. The van der Waals surface area contributed by atoms with E-state index >= 15 is 0 Å². The minimum atomic E-state index is -0.272. The van der Waals surface area contributed by atoms with E-state index in [0.717, 1.165) is 17.5 Å². The van der Waals surface area contributed by atoms with Crippen LogP contribution in [0.15, 0.2) is 69.5 Å². The largest absolute Gasteiger partial charge is 0.455 e. The highest BCUT2D eigenvalue weighted by molar-refractivity contribution is 7.98. The summed E-state index contributed by atoms with van der Waals surface area (Å²) in [6, 6.07) is 13.9. The maximum Gasteiger partial charge on any atom is 0.292 e. The van der Waals surface area contributed by atoms with Crippen molar-refractivity contribution in [3.8, 4) is 0 Å². The van der Waals surface area contributed by atoms with Gasteiger partial charge in [-0.1, -0.05) is 42.1 Å². The van der Waals surface area contributed by atoms with Crippen molar-refractivity contribution < 1.29 is 9.21 Å².